The third kappa shape index (κ3) is 1.51. The average Bonchev–Trinajstić information content (AvgIpc) is 2.55. The van der Waals surface area contributed by atoms with Crippen LogP contribution in [0.25, 0.3) is 10.1 Å². The minimum atomic E-state index is 0.341. The summed E-state index contributed by atoms with van der Waals surface area (Å²) < 4.78 is 1.87. The lowest BCUT2D eigenvalue weighted by Crippen LogP contribution is -1.75. The zero-order valence-corrected chi connectivity index (χ0v) is 10.5. The van der Waals surface area contributed by atoms with Gasteiger partial charge in [0.2, 0.25) is 0 Å². The van der Waals surface area contributed by atoms with E-state index in [4.69, 9.17) is 0 Å². The van der Waals surface area contributed by atoms with E-state index in [1.165, 1.54) is 0 Å². The number of phenols is 1. The molecule has 1 aromatic heterocycles. The predicted molar refractivity (Wildman–Crippen MR) is 63.8 cm³/mol. The van der Waals surface area contributed by atoms with Crippen LogP contribution >= 0.6 is 43.2 Å². The molecule has 0 aliphatic heterocycles. The van der Waals surface area contributed by atoms with Gasteiger partial charge in [0.05, 0.1) is 4.47 Å². The number of hydrogen-bond donors (Lipinski definition) is 1. The summed E-state index contributed by atoms with van der Waals surface area (Å²) in [5.41, 5.74) is 1.14. The van der Waals surface area contributed by atoms with Crippen molar-refractivity contribution in [3.8, 4) is 5.75 Å². The molecule has 0 aliphatic rings. The average molecular weight is 322 g/mol. The lowest BCUT2D eigenvalue weighted by Gasteiger charge is -2.00. The molecule has 13 heavy (non-hydrogen) atoms. The molecule has 0 unspecified atom stereocenters. The molecular weight excluding hydrogens is 316 g/mol. The highest BCUT2D eigenvalue weighted by Gasteiger charge is 2.09. The maximum absolute atomic E-state index is 9.80. The van der Waals surface area contributed by atoms with Crippen LogP contribution in [0.15, 0.2) is 22.0 Å². The molecule has 0 aliphatic carbocycles. The molecule has 2 aromatic rings. The molecule has 0 radical (unpaired) electrons. The molecule has 4 heteroatoms. The van der Waals surface area contributed by atoms with E-state index in [-0.39, 0.29) is 0 Å². The summed E-state index contributed by atoms with van der Waals surface area (Å²) in [6, 6.07) is 3.88. The standard InChI is InChI=1S/C9H6Br2OS/c10-3-5-4-13-7-2-1-6(11)9(12)8(5)7/h1-2,4,12H,3H2. The van der Waals surface area contributed by atoms with Crippen molar-refractivity contribution in [3.05, 3.63) is 27.5 Å². The van der Waals surface area contributed by atoms with Gasteiger partial charge in [-0.15, -0.1) is 11.3 Å². The quantitative estimate of drug-likeness (QED) is 0.778. The van der Waals surface area contributed by atoms with E-state index >= 15 is 0 Å². The van der Waals surface area contributed by atoms with Crippen LogP contribution in [0.4, 0.5) is 0 Å². The third-order valence-corrected chi connectivity index (χ3v) is 4.12. The van der Waals surface area contributed by atoms with E-state index < -0.39 is 0 Å². The smallest absolute Gasteiger partial charge is 0.138 e. The first-order valence-corrected chi connectivity index (χ1v) is 6.47. The van der Waals surface area contributed by atoms with Gasteiger partial charge in [-0.2, -0.15) is 0 Å². The van der Waals surface area contributed by atoms with Gasteiger partial charge < -0.3 is 5.11 Å². The van der Waals surface area contributed by atoms with E-state index in [0.29, 0.717) is 5.75 Å². The fourth-order valence-electron chi connectivity index (χ4n) is 1.25. The molecule has 0 fully saturated rings. The molecule has 68 valence electrons. The summed E-state index contributed by atoms with van der Waals surface area (Å²) in [6.07, 6.45) is 0. The highest BCUT2D eigenvalue weighted by Crippen LogP contribution is 2.38. The van der Waals surface area contributed by atoms with Crippen LogP contribution in [0.1, 0.15) is 5.56 Å². The monoisotopic (exact) mass is 320 g/mol. The van der Waals surface area contributed by atoms with Gasteiger partial charge in [0.1, 0.15) is 5.75 Å². The number of alkyl halides is 1. The summed E-state index contributed by atoms with van der Waals surface area (Å²) in [7, 11) is 0. The highest BCUT2D eigenvalue weighted by molar-refractivity contribution is 9.10. The largest absolute Gasteiger partial charge is 0.506 e. The lowest BCUT2D eigenvalue weighted by molar-refractivity contribution is 0.478. The molecule has 0 saturated carbocycles. The molecule has 0 bridgehead atoms. The van der Waals surface area contributed by atoms with Gasteiger partial charge >= 0.3 is 0 Å². The number of fused-ring (bicyclic) bond motifs is 1. The molecule has 0 atom stereocenters. The molecule has 2 rings (SSSR count). The Bertz CT molecular complexity index is 450. The Morgan fingerprint density at radius 2 is 2.15 bits per heavy atom. The van der Waals surface area contributed by atoms with Crippen LogP contribution in [0, 0.1) is 0 Å². The Morgan fingerprint density at radius 3 is 2.85 bits per heavy atom. The third-order valence-electron chi connectivity index (χ3n) is 1.88. The van der Waals surface area contributed by atoms with E-state index in [2.05, 4.69) is 37.2 Å². The second-order valence-corrected chi connectivity index (χ2v) is 4.99. The van der Waals surface area contributed by atoms with Gasteiger partial charge in [-0.3, -0.25) is 0 Å². The van der Waals surface area contributed by atoms with Gasteiger partial charge in [-0.1, -0.05) is 15.9 Å². The molecule has 1 aromatic carbocycles. The van der Waals surface area contributed by atoms with Crippen LogP contribution in [0.2, 0.25) is 0 Å². The van der Waals surface area contributed by atoms with Crippen molar-refractivity contribution < 1.29 is 5.11 Å². The zero-order chi connectivity index (χ0) is 9.42. The maximum atomic E-state index is 9.80. The van der Waals surface area contributed by atoms with Gasteiger partial charge in [0.15, 0.2) is 0 Å². The summed E-state index contributed by atoms with van der Waals surface area (Å²) in [6.45, 7) is 0. The second-order valence-electron chi connectivity index (χ2n) is 2.66. The van der Waals surface area contributed by atoms with Crippen LogP contribution in [0.3, 0.4) is 0 Å². The van der Waals surface area contributed by atoms with E-state index in [1.54, 1.807) is 11.3 Å². The maximum Gasteiger partial charge on any atom is 0.138 e. The number of thiophene rings is 1. The highest BCUT2D eigenvalue weighted by atomic mass is 79.9. The summed E-state index contributed by atoms with van der Waals surface area (Å²) in [4.78, 5) is 0. The van der Waals surface area contributed by atoms with Crippen LogP contribution in [0.5, 0.6) is 5.75 Å². The molecule has 0 amide bonds. The first-order valence-electron chi connectivity index (χ1n) is 3.67. The minimum absolute atomic E-state index is 0.341. The fourth-order valence-corrected chi connectivity index (χ4v) is 3.20. The number of benzene rings is 1. The second kappa shape index (κ2) is 3.59. The number of aromatic hydroxyl groups is 1. The predicted octanol–water partition coefficient (Wildman–Crippen LogP) is 4.26. The number of hydrogen-bond acceptors (Lipinski definition) is 2. The van der Waals surface area contributed by atoms with Crippen molar-refractivity contribution in [2.45, 2.75) is 5.33 Å². The van der Waals surface area contributed by atoms with Crippen molar-refractivity contribution in [2.75, 3.05) is 0 Å². The SMILES string of the molecule is Oc1c(Br)ccc2scc(CBr)c12. The van der Waals surface area contributed by atoms with Gasteiger partial charge in [0.25, 0.3) is 0 Å². The normalized spacial score (nSPS) is 10.9. The Morgan fingerprint density at radius 1 is 1.38 bits per heavy atom. The Kier molecular flexibility index (Phi) is 2.62. The topological polar surface area (TPSA) is 20.2 Å². The Balaban J connectivity index is 2.85. The number of phenolic OH excluding ortho intramolecular Hbond substituents is 1. The summed E-state index contributed by atoms with van der Waals surface area (Å²) in [5.74, 6) is 0.341. The van der Waals surface area contributed by atoms with Gasteiger partial charge in [-0.25, -0.2) is 0 Å². The van der Waals surface area contributed by atoms with Gasteiger partial charge in [-0.05, 0) is 39.0 Å². The number of halogens is 2. The molecular formula is C9H6Br2OS. The van der Waals surface area contributed by atoms with Crippen LogP contribution in [-0.4, -0.2) is 5.11 Å². The minimum Gasteiger partial charge on any atom is -0.506 e. The summed E-state index contributed by atoms with van der Waals surface area (Å²) in [5, 5.41) is 13.6. The van der Waals surface area contributed by atoms with Gasteiger partial charge in [0, 0.05) is 15.4 Å². The molecule has 0 spiro atoms. The van der Waals surface area contributed by atoms with E-state index in [0.717, 1.165) is 25.5 Å². The van der Waals surface area contributed by atoms with Crippen molar-refractivity contribution in [1.82, 2.24) is 0 Å². The van der Waals surface area contributed by atoms with Crippen LogP contribution in [-0.2, 0) is 5.33 Å². The summed E-state index contributed by atoms with van der Waals surface area (Å²) >= 11 is 8.35. The Hall–Kier alpha value is -0.0600. The van der Waals surface area contributed by atoms with Crippen molar-refractivity contribution >= 4 is 53.3 Å². The molecule has 1 N–H and O–H groups in total. The van der Waals surface area contributed by atoms with Crippen LogP contribution < -0.4 is 0 Å². The Labute approximate surface area is 96.6 Å². The van der Waals surface area contributed by atoms with Crippen molar-refractivity contribution in [1.29, 1.82) is 0 Å². The molecule has 0 saturated heterocycles. The number of rotatable bonds is 1. The first kappa shape index (κ1) is 9.49. The van der Waals surface area contributed by atoms with E-state index in [9.17, 15) is 5.11 Å². The molecule has 1 nitrogen and oxygen atoms in total. The lowest BCUT2D eigenvalue weighted by atomic mass is 10.2. The molecule has 1 heterocycles. The first-order chi connectivity index (χ1) is 6.24. The fraction of sp³-hybridized carbons (Fsp3) is 0.111. The van der Waals surface area contributed by atoms with Crippen molar-refractivity contribution in [3.63, 3.8) is 0 Å². The van der Waals surface area contributed by atoms with E-state index in [1.807, 2.05) is 12.1 Å². The van der Waals surface area contributed by atoms with Crippen molar-refractivity contribution in [2.24, 2.45) is 0 Å². The zero-order valence-electron chi connectivity index (χ0n) is 6.55.